The predicted octanol–water partition coefficient (Wildman–Crippen LogP) is 2.49. The van der Waals surface area contributed by atoms with Gasteiger partial charge < -0.3 is 14.4 Å². The first-order valence-electron chi connectivity index (χ1n) is 6.35. The SMILES string of the molecule is C=CCOC(=O)Nc1nc2cc(C(=O)O)ccc2n1CC. The van der Waals surface area contributed by atoms with E-state index >= 15 is 0 Å². The minimum atomic E-state index is -1.03. The number of aromatic carboxylic acids is 1. The molecule has 0 spiro atoms. The Labute approximate surface area is 120 Å². The van der Waals surface area contributed by atoms with Crippen molar-refractivity contribution in [3.63, 3.8) is 0 Å². The molecule has 7 nitrogen and oxygen atoms in total. The first-order chi connectivity index (χ1) is 10.1. The molecule has 0 saturated carbocycles. The van der Waals surface area contributed by atoms with Crippen molar-refractivity contribution >= 4 is 29.0 Å². The van der Waals surface area contributed by atoms with Crippen LogP contribution in [0.4, 0.5) is 10.7 Å². The lowest BCUT2D eigenvalue weighted by atomic mass is 10.2. The van der Waals surface area contributed by atoms with Crippen molar-refractivity contribution in [2.75, 3.05) is 11.9 Å². The zero-order valence-corrected chi connectivity index (χ0v) is 11.5. The van der Waals surface area contributed by atoms with Gasteiger partial charge in [0, 0.05) is 6.54 Å². The summed E-state index contributed by atoms with van der Waals surface area (Å²) in [4.78, 5) is 26.8. The van der Waals surface area contributed by atoms with Crippen LogP contribution in [-0.2, 0) is 11.3 Å². The highest BCUT2D eigenvalue weighted by Gasteiger charge is 2.14. The summed E-state index contributed by atoms with van der Waals surface area (Å²) in [5, 5.41) is 11.5. The molecule has 0 aliphatic carbocycles. The van der Waals surface area contributed by atoms with Crippen LogP contribution in [0.1, 0.15) is 17.3 Å². The predicted molar refractivity (Wildman–Crippen MR) is 77.5 cm³/mol. The highest BCUT2D eigenvalue weighted by Crippen LogP contribution is 2.21. The number of benzene rings is 1. The molecule has 0 radical (unpaired) electrons. The van der Waals surface area contributed by atoms with Gasteiger partial charge in [0.1, 0.15) is 6.61 Å². The van der Waals surface area contributed by atoms with Crippen LogP contribution in [0.15, 0.2) is 30.9 Å². The Morgan fingerprint density at radius 3 is 2.90 bits per heavy atom. The number of ether oxygens (including phenoxy) is 1. The molecular weight excluding hydrogens is 274 g/mol. The molecule has 0 unspecified atom stereocenters. The number of nitrogens with one attached hydrogen (secondary N) is 1. The van der Waals surface area contributed by atoms with Crippen LogP contribution < -0.4 is 5.32 Å². The summed E-state index contributed by atoms with van der Waals surface area (Å²) in [5.74, 6) is -0.716. The van der Waals surface area contributed by atoms with Crippen molar-refractivity contribution < 1.29 is 19.4 Å². The fraction of sp³-hybridized carbons (Fsp3) is 0.214. The van der Waals surface area contributed by atoms with E-state index in [0.29, 0.717) is 18.0 Å². The molecule has 2 rings (SSSR count). The van der Waals surface area contributed by atoms with Gasteiger partial charge in [-0.05, 0) is 25.1 Å². The minimum absolute atomic E-state index is 0.0986. The van der Waals surface area contributed by atoms with E-state index in [-0.39, 0.29) is 12.2 Å². The van der Waals surface area contributed by atoms with Gasteiger partial charge in [-0.25, -0.2) is 14.6 Å². The van der Waals surface area contributed by atoms with E-state index in [0.717, 1.165) is 5.52 Å². The number of anilines is 1. The van der Waals surface area contributed by atoms with E-state index in [2.05, 4.69) is 16.9 Å². The molecular formula is C14H15N3O4. The highest BCUT2D eigenvalue weighted by molar-refractivity contribution is 5.94. The number of amides is 1. The zero-order valence-electron chi connectivity index (χ0n) is 11.5. The number of carboxylic acid groups (broad SMARTS) is 1. The molecule has 21 heavy (non-hydrogen) atoms. The fourth-order valence-electron chi connectivity index (χ4n) is 1.94. The van der Waals surface area contributed by atoms with Crippen LogP contribution in [-0.4, -0.2) is 33.3 Å². The number of nitrogens with zero attached hydrogens (tertiary/aromatic N) is 2. The van der Waals surface area contributed by atoms with Gasteiger partial charge in [-0.1, -0.05) is 12.7 Å². The summed E-state index contributed by atoms with van der Waals surface area (Å²) < 4.78 is 6.60. The van der Waals surface area contributed by atoms with E-state index in [4.69, 9.17) is 9.84 Å². The van der Waals surface area contributed by atoms with Gasteiger partial charge in [-0.15, -0.1) is 0 Å². The summed E-state index contributed by atoms with van der Waals surface area (Å²) in [5.41, 5.74) is 1.38. The smallest absolute Gasteiger partial charge is 0.414 e. The maximum atomic E-state index is 11.6. The van der Waals surface area contributed by atoms with Crippen LogP contribution in [0.2, 0.25) is 0 Å². The second kappa shape index (κ2) is 6.08. The highest BCUT2D eigenvalue weighted by atomic mass is 16.5. The number of carbonyl (C=O) groups is 2. The molecule has 110 valence electrons. The minimum Gasteiger partial charge on any atom is -0.478 e. The molecule has 0 fully saturated rings. The van der Waals surface area contributed by atoms with E-state index in [9.17, 15) is 9.59 Å². The number of rotatable bonds is 5. The number of carboxylic acids is 1. The second-order valence-corrected chi connectivity index (χ2v) is 4.20. The van der Waals surface area contributed by atoms with Crippen molar-refractivity contribution in [2.24, 2.45) is 0 Å². The summed E-state index contributed by atoms with van der Waals surface area (Å²) >= 11 is 0. The molecule has 0 atom stereocenters. The molecule has 2 N–H and O–H groups in total. The van der Waals surface area contributed by atoms with Crippen molar-refractivity contribution in [2.45, 2.75) is 13.5 Å². The van der Waals surface area contributed by atoms with E-state index in [1.165, 1.54) is 18.2 Å². The van der Waals surface area contributed by atoms with Crippen LogP contribution in [0.25, 0.3) is 11.0 Å². The molecule has 1 amide bonds. The average Bonchev–Trinajstić information content (AvgIpc) is 2.80. The largest absolute Gasteiger partial charge is 0.478 e. The Balaban J connectivity index is 2.37. The van der Waals surface area contributed by atoms with Crippen molar-refractivity contribution in [3.8, 4) is 0 Å². The first kappa shape index (κ1) is 14.6. The van der Waals surface area contributed by atoms with Gasteiger partial charge in [0.25, 0.3) is 0 Å². The van der Waals surface area contributed by atoms with Gasteiger partial charge >= 0.3 is 12.1 Å². The molecule has 0 bridgehead atoms. The Morgan fingerprint density at radius 2 is 2.29 bits per heavy atom. The number of aryl methyl sites for hydroxylation is 1. The normalized spacial score (nSPS) is 10.3. The molecule has 0 aliphatic heterocycles. The van der Waals surface area contributed by atoms with Crippen molar-refractivity contribution in [3.05, 3.63) is 36.4 Å². The van der Waals surface area contributed by atoms with Crippen LogP contribution >= 0.6 is 0 Å². The summed E-state index contributed by atoms with van der Waals surface area (Å²) in [6.07, 6.45) is 0.819. The number of aromatic nitrogens is 2. The first-order valence-corrected chi connectivity index (χ1v) is 6.35. The molecule has 0 saturated heterocycles. The third kappa shape index (κ3) is 3.02. The summed E-state index contributed by atoms with van der Waals surface area (Å²) in [7, 11) is 0. The number of carbonyl (C=O) groups excluding carboxylic acids is 1. The Hall–Kier alpha value is -2.83. The summed E-state index contributed by atoms with van der Waals surface area (Å²) in [6.45, 7) is 6.02. The monoisotopic (exact) mass is 289 g/mol. The van der Waals surface area contributed by atoms with E-state index < -0.39 is 12.1 Å². The van der Waals surface area contributed by atoms with Crippen LogP contribution in [0, 0.1) is 0 Å². The van der Waals surface area contributed by atoms with Gasteiger partial charge in [-0.2, -0.15) is 0 Å². The number of fused-ring (bicyclic) bond motifs is 1. The Kier molecular flexibility index (Phi) is 4.22. The molecule has 2 aromatic rings. The third-order valence-electron chi connectivity index (χ3n) is 2.86. The van der Waals surface area contributed by atoms with E-state index in [1.54, 1.807) is 10.6 Å². The molecule has 1 aromatic carbocycles. The van der Waals surface area contributed by atoms with Gasteiger partial charge in [-0.3, -0.25) is 5.32 Å². The lowest BCUT2D eigenvalue weighted by Crippen LogP contribution is -2.17. The second-order valence-electron chi connectivity index (χ2n) is 4.20. The third-order valence-corrected chi connectivity index (χ3v) is 2.86. The molecule has 1 heterocycles. The quantitative estimate of drug-likeness (QED) is 0.825. The maximum Gasteiger partial charge on any atom is 0.414 e. The standard InChI is InChI=1S/C14H15N3O4/c1-3-7-21-14(20)16-13-15-10-8-9(12(18)19)5-6-11(10)17(13)4-2/h3,5-6,8H,1,4,7H2,2H3,(H,18,19)(H,15,16,20). The van der Waals surface area contributed by atoms with E-state index in [1.807, 2.05) is 6.92 Å². The van der Waals surface area contributed by atoms with Gasteiger partial charge in [0.2, 0.25) is 5.95 Å². The Morgan fingerprint density at radius 1 is 1.52 bits per heavy atom. The molecule has 7 heteroatoms. The Bertz CT molecular complexity index is 706. The van der Waals surface area contributed by atoms with Crippen LogP contribution in [0.3, 0.4) is 0 Å². The average molecular weight is 289 g/mol. The zero-order chi connectivity index (χ0) is 15.4. The van der Waals surface area contributed by atoms with Gasteiger partial charge in [0.05, 0.1) is 16.6 Å². The lowest BCUT2D eigenvalue weighted by Gasteiger charge is -2.07. The van der Waals surface area contributed by atoms with Crippen molar-refractivity contribution in [1.82, 2.24) is 9.55 Å². The number of hydrogen-bond acceptors (Lipinski definition) is 4. The fourth-order valence-corrected chi connectivity index (χ4v) is 1.94. The summed E-state index contributed by atoms with van der Waals surface area (Å²) in [6, 6.07) is 4.62. The number of imidazole rings is 1. The number of hydrogen-bond donors (Lipinski definition) is 2. The lowest BCUT2D eigenvalue weighted by molar-refractivity contribution is 0.0697. The van der Waals surface area contributed by atoms with Crippen molar-refractivity contribution in [1.29, 1.82) is 0 Å². The topological polar surface area (TPSA) is 93.4 Å². The molecule has 1 aromatic heterocycles. The van der Waals surface area contributed by atoms with Gasteiger partial charge in [0.15, 0.2) is 0 Å². The maximum absolute atomic E-state index is 11.6. The van der Waals surface area contributed by atoms with Crippen LogP contribution in [0.5, 0.6) is 0 Å². The molecule has 0 aliphatic rings.